The smallest absolute Gasteiger partial charge is 0.271 e. The van der Waals surface area contributed by atoms with Gasteiger partial charge in [0.1, 0.15) is 11.7 Å². The molecule has 1 aromatic rings. The fraction of sp³-hybridized carbons (Fsp3) is 0.600. The van der Waals surface area contributed by atoms with Crippen molar-refractivity contribution in [1.82, 2.24) is 14.8 Å². The van der Waals surface area contributed by atoms with Gasteiger partial charge in [-0.1, -0.05) is 6.92 Å². The summed E-state index contributed by atoms with van der Waals surface area (Å²) in [7, 11) is 0. The van der Waals surface area contributed by atoms with Crippen LogP contribution in [-0.2, 0) is 4.79 Å². The molecule has 1 aliphatic heterocycles. The normalized spacial score (nSPS) is 23.4. The van der Waals surface area contributed by atoms with Crippen molar-refractivity contribution in [3.63, 3.8) is 0 Å². The Hall–Kier alpha value is -1.78. The van der Waals surface area contributed by atoms with Gasteiger partial charge in [-0.15, -0.1) is 0 Å². The van der Waals surface area contributed by atoms with Crippen LogP contribution in [0.25, 0.3) is 0 Å². The maximum Gasteiger partial charge on any atom is 0.271 e. The molecular formula is C15H21N3O2. The van der Waals surface area contributed by atoms with E-state index in [4.69, 9.17) is 0 Å². The van der Waals surface area contributed by atoms with E-state index in [9.17, 15) is 9.59 Å². The number of amides is 2. The molecule has 5 heteroatoms. The first-order valence-corrected chi connectivity index (χ1v) is 7.48. The van der Waals surface area contributed by atoms with Crippen molar-refractivity contribution in [1.29, 1.82) is 0 Å². The minimum absolute atomic E-state index is 0.0106. The van der Waals surface area contributed by atoms with E-state index in [1.54, 1.807) is 4.90 Å². The van der Waals surface area contributed by atoms with Crippen LogP contribution in [0.15, 0.2) is 18.3 Å². The summed E-state index contributed by atoms with van der Waals surface area (Å²) >= 11 is 0. The maximum atomic E-state index is 12.8. The summed E-state index contributed by atoms with van der Waals surface area (Å²) in [4.78, 5) is 26.4. The molecule has 0 spiro atoms. The van der Waals surface area contributed by atoms with Crippen LogP contribution in [0.1, 0.15) is 49.1 Å². The zero-order valence-electron chi connectivity index (χ0n) is 11.8. The van der Waals surface area contributed by atoms with Crippen LogP contribution < -0.4 is 5.32 Å². The van der Waals surface area contributed by atoms with Gasteiger partial charge in [-0.3, -0.25) is 9.59 Å². The molecule has 5 nitrogen and oxygen atoms in total. The molecule has 2 amide bonds. The largest absolute Gasteiger partial charge is 0.353 e. The second-order valence-electron chi connectivity index (χ2n) is 5.60. The standard InChI is InChI=1S/C15H21N3O2/c1-2-12-14(19)16-8-10-18(12)15(20)13-7-4-9-17(13)11-5-3-6-11/h4,7,9,11-12H,2-3,5-6,8,10H2,1H3,(H,16,19). The fourth-order valence-electron chi connectivity index (χ4n) is 3.07. The van der Waals surface area contributed by atoms with E-state index in [0.717, 1.165) is 18.5 Å². The predicted octanol–water partition coefficient (Wildman–Crippen LogP) is 1.56. The molecule has 1 aromatic heterocycles. The zero-order chi connectivity index (χ0) is 14.1. The molecule has 0 radical (unpaired) electrons. The molecule has 1 aliphatic carbocycles. The third-order valence-corrected chi connectivity index (χ3v) is 4.44. The van der Waals surface area contributed by atoms with Gasteiger partial charge < -0.3 is 14.8 Å². The first-order chi connectivity index (χ1) is 9.72. The van der Waals surface area contributed by atoms with Crippen LogP contribution in [0.3, 0.4) is 0 Å². The molecule has 0 aromatic carbocycles. The summed E-state index contributed by atoms with van der Waals surface area (Å²) in [5.41, 5.74) is 0.725. The summed E-state index contributed by atoms with van der Waals surface area (Å²) in [5.74, 6) is -0.0440. The van der Waals surface area contributed by atoms with Gasteiger partial charge in [-0.25, -0.2) is 0 Å². The summed E-state index contributed by atoms with van der Waals surface area (Å²) in [6, 6.07) is 3.93. The van der Waals surface area contributed by atoms with Gasteiger partial charge in [0.2, 0.25) is 5.91 Å². The number of hydrogen-bond donors (Lipinski definition) is 1. The number of piperazine rings is 1. The van der Waals surface area contributed by atoms with Crippen molar-refractivity contribution >= 4 is 11.8 Å². The van der Waals surface area contributed by atoms with Crippen molar-refractivity contribution in [3.8, 4) is 0 Å². The van der Waals surface area contributed by atoms with E-state index in [-0.39, 0.29) is 17.9 Å². The average Bonchev–Trinajstić information content (AvgIpc) is 2.84. The fourth-order valence-corrected chi connectivity index (χ4v) is 3.07. The molecule has 0 bridgehead atoms. The van der Waals surface area contributed by atoms with E-state index >= 15 is 0 Å². The third kappa shape index (κ3) is 2.11. The Morgan fingerprint density at radius 1 is 1.45 bits per heavy atom. The Kier molecular flexibility index (Phi) is 3.51. The summed E-state index contributed by atoms with van der Waals surface area (Å²) < 4.78 is 2.09. The van der Waals surface area contributed by atoms with E-state index in [1.807, 2.05) is 25.3 Å². The number of nitrogens with zero attached hydrogens (tertiary/aromatic N) is 2. The second kappa shape index (κ2) is 5.31. The van der Waals surface area contributed by atoms with Crippen molar-refractivity contribution in [2.45, 2.75) is 44.7 Å². The van der Waals surface area contributed by atoms with Gasteiger partial charge in [0, 0.05) is 25.3 Å². The van der Waals surface area contributed by atoms with Crippen molar-refractivity contribution in [2.24, 2.45) is 0 Å². The number of aromatic nitrogens is 1. The Morgan fingerprint density at radius 3 is 2.90 bits per heavy atom. The molecular weight excluding hydrogens is 254 g/mol. The van der Waals surface area contributed by atoms with Crippen LogP contribution in [0, 0.1) is 0 Å². The molecule has 1 saturated carbocycles. The van der Waals surface area contributed by atoms with Gasteiger partial charge >= 0.3 is 0 Å². The van der Waals surface area contributed by atoms with Crippen molar-refractivity contribution < 1.29 is 9.59 Å². The second-order valence-corrected chi connectivity index (χ2v) is 5.60. The monoisotopic (exact) mass is 275 g/mol. The number of nitrogens with one attached hydrogen (secondary N) is 1. The molecule has 3 rings (SSSR count). The quantitative estimate of drug-likeness (QED) is 0.910. The summed E-state index contributed by atoms with van der Waals surface area (Å²) in [5, 5.41) is 2.83. The zero-order valence-corrected chi connectivity index (χ0v) is 11.8. The van der Waals surface area contributed by atoms with Crippen LogP contribution in [0.5, 0.6) is 0 Å². The molecule has 1 atom stereocenters. The lowest BCUT2D eigenvalue weighted by Crippen LogP contribution is -2.57. The van der Waals surface area contributed by atoms with Crippen LogP contribution in [0.2, 0.25) is 0 Å². The number of rotatable bonds is 3. The lowest BCUT2D eigenvalue weighted by atomic mass is 9.92. The Labute approximate surface area is 118 Å². The minimum atomic E-state index is -0.332. The van der Waals surface area contributed by atoms with E-state index in [2.05, 4.69) is 9.88 Å². The van der Waals surface area contributed by atoms with E-state index in [0.29, 0.717) is 25.6 Å². The molecule has 20 heavy (non-hydrogen) atoms. The minimum Gasteiger partial charge on any atom is -0.353 e. The molecule has 2 heterocycles. The molecule has 2 fully saturated rings. The third-order valence-electron chi connectivity index (χ3n) is 4.44. The van der Waals surface area contributed by atoms with Gasteiger partial charge in [0.15, 0.2) is 0 Å². The maximum absolute atomic E-state index is 12.8. The lowest BCUT2D eigenvalue weighted by molar-refractivity contribution is -0.127. The van der Waals surface area contributed by atoms with Gasteiger partial charge in [-0.2, -0.15) is 0 Å². The van der Waals surface area contributed by atoms with Crippen LogP contribution in [0.4, 0.5) is 0 Å². The summed E-state index contributed by atoms with van der Waals surface area (Å²) in [6.07, 6.45) is 6.17. The average molecular weight is 275 g/mol. The number of hydrogen-bond acceptors (Lipinski definition) is 2. The summed E-state index contributed by atoms with van der Waals surface area (Å²) in [6.45, 7) is 3.09. The van der Waals surface area contributed by atoms with Crippen LogP contribution in [-0.4, -0.2) is 40.4 Å². The highest BCUT2D eigenvalue weighted by Crippen LogP contribution is 2.33. The topological polar surface area (TPSA) is 54.3 Å². The number of carbonyl (C=O) groups is 2. The molecule has 1 saturated heterocycles. The Bertz CT molecular complexity index is 519. The highest BCUT2D eigenvalue weighted by atomic mass is 16.2. The highest BCUT2D eigenvalue weighted by Gasteiger charge is 2.34. The first kappa shape index (κ1) is 13.2. The van der Waals surface area contributed by atoms with Crippen molar-refractivity contribution in [3.05, 3.63) is 24.0 Å². The molecule has 108 valence electrons. The van der Waals surface area contributed by atoms with E-state index < -0.39 is 0 Å². The van der Waals surface area contributed by atoms with Gasteiger partial charge in [0.05, 0.1) is 0 Å². The highest BCUT2D eigenvalue weighted by molar-refractivity contribution is 5.97. The van der Waals surface area contributed by atoms with Gasteiger partial charge in [0.25, 0.3) is 5.91 Å². The number of carbonyl (C=O) groups excluding carboxylic acids is 2. The lowest BCUT2D eigenvalue weighted by Gasteiger charge is -2.36. The van der Waals surface area contributed by atoms with E-state index in [1.165, 1.54) is 6.42 Å². The van der Waals surface area contributed by atoms with Gasteiger partial charge in [-0.05, 0) is 37.8 Å². The first-order valence-electron chi connectivity index (χ1n) is 7.48. The SMILES string of the molecule is CCC1C(=O)NCCN1C(=O)c1cccn1C1CCC1. The molecule has 1 unspecified atom stereocenters. The predicted molar refractivity (Wildman–Crippen MR) is 75.4 cm³/mol. The Balaban J connectivity index is 1.84. The van der Waals surface area contributed by atoms with Crippen molar-refractivity contribution in [2.75, 3.05) is 13.1 Å². The molecule has 1 N–H and O–H groups in total. The molecule has 2 aliphatic rings. The Morgan fingerprint density at radius 2 is 2.25 bits per heavy atom. The van der Waals surface area contributed by atoms with Crippen LogP contribution >= 0.6 is 0 Å².